The van der Waals surface area contributed by atoms with Crippen LogP contribution in [0.5, 0.6) is 0 Å². The number of aryl methyl sites for hydroxylation is 6. The molecule has 5 aromatic rings. The topological polar surface area (TPSA) is 181 Å². The molecule has 0 radical (unpaired) electrons. The molecular weight excluding hydrogens is 958 g/mol. The van der Waals surface area contributed by atoms with Gasteiger partial charge in [0.25, 0.3) is 5.52 Å². The zero-order valence-corrected chi connectivity index (χ0v) is 44.8. The van der Waals surface area contributed by atoms with E-state index in [0.29, 0.717) is 77.4 Å². The average molecular weight is 1020 g/mol. The van der Waals surface area contributed by atoms with E-state index >= 15 is 0 Å². The Morgan fingerprint density at radius 2 is 0.761 bits per heavy atom. The quantitative estimate of drug-likeness (QED) is 0.0343. The minimum Gasteiger partial charge on any atom is -0.461 e. The molecule has 0 heterocycles. The second-order valence-corrected chi connectivity index (χ2v) is 22.1. The third-order valence-corrected chi connectivity index (χ3v) is 16.5. The summed E-state index contributed by atoms with van der Waals surface area (Å²) in [5, 5.41) is 0.837. The summed E-state index contributed by atoms with van der Waals surface area (Å²) < 4.78 is 55.4. The highest BCUT2D eigenvalue weighted by Crippen LogP contribution is 2.38. The fraction of sp³-hybridized carbons (Fsp3) is 0.357. The Morgan fingerprint density at radius 3 is 1.07 bits per heavy atom. The molecule has 0 aliphatic carbocycles. The van der Waals surface area contributed by atoms with Gasteiger partial charge in [-0.3, -0.25) is 23.7 Å². The van der Waals surface area contributed by atoms with E-state index in [4.69, 9.17) is 14.2 Å². The molecule has 0 aliphatic rings. The minimum atomic E-state index is -2.39. The van der Waals surface area contributed by atoms with Crippen LogP contribution >= 0.6 is 24.1 Å². The van der Waals surface area contributed by atoms with E-state index in [2.05, 4.69) is 0 Å². The molecule has 2 unspecified atom stereocenters. The summed E-state index contributed by atoms with van der Waals surface area (Å²) in [5.74, 6) is -1.62. The van der Waals surface area contributed by atoms with Crippen molar-refractivity contribution >= 4 is 69.2 Å². The predicted molar refractivity (Wildman–Crippen MR) is 275 cm³/mol. The van der Waals surface area contributed by atoms with Crippen molar-refractivity contribution in [3.8, 4) is 0 Å². The Balaban J connectivity index is 1.30. The van der Waals surface area contributed by atoms with Crippen molar-refractivity contribution in [1.82, 2.24) is 0 Å². The van der Waals surface area contributed by atoms with Crippen LogP contribution in [0.15, 0.2) is 78.9 Å². The molecule has 0 bridgehead atoms. The smallest absolute Gasteiger partial charge is 0.458 e. The Bertz CT molecular complexity index is 2800. The van der Waals surface area contributed by atoms with Crippen molar-refractivity contribution in [3.05, 3.63) is 162 Å². The van der Waals surface area contributed by atoms with Crippen LogP contribution in [0, 0.1) is 67.7 Å². The maximum atomic E-state index is 13.6. The van der Waals surface area contributed by atoms with Gasteiger partial charge in [-0.05, 0) is 178 Å². The molecule has 0 amide bonds. The number of carbonyl (C=O) groups excluding carboxylic acids is 6. The number of benzene rings is 5. The van der Waals surface area contributed by atoms with Crippen LogP contribution in [0.2, 0.25) is 0 Å². The van der Waals surface area contributed by atoms with Crippen molar-refractivity contribution in [1.29, 1.82) is 0 Å². The molecule has 2 atom stereocenters. The normalized spacial score (nSPS) is 12.4. The van der Waals surface area contributed by atoms with E-state index in [0.717, 1.165) is 16.7 Å². The molecule has 5 aromatic carbocycles. The monoisotopic (exact) mass is 1020 g/mol. The first-order chi connectivity index (χ1) is 33.6. The maximum absolute atomic E-state index is 13.6. The van der Waals surface area contributed by atoms with Crippen LogP contribution in [0.3, 0.4) is 0 Å². The lowest BCUT2D eigenvalue weighted by Crippen LogP contribution is -2.23. The van der Waals surface area contributed by atoms with Gasteiger partial charge in [-0.25, -0.2) is 9.59 Å². The van der Waals surface area contributed by atoms with Gasteiger partial charge in [-0.15, -0.1) is 0 Å². The second-order valence-electron chi connectivity index (χ2n) is 18.5. The summed E-state index contributed by atoms with van der Waals surface area (Å²) in [6.07, 6.45) is 0.450. The first-order valence-electron chi connectivity index (χ1n) is 23.4. The molecule has 71 heavy (non-hydrogen) atoms. The molecule has 12 nitrogen and oxygen atoms in total. The molecule has 0 aromatic heterocycles. The van der Waals surface area contributed by atoms with Crippen molar-refractivity contribution in [3.63, 3.8) is 0 Å². The molecule has 0 saturated carbocycles. The van der Waals surface area contributed by atoms with Crippen LogP contribution in [-0.4, -0.2) is 34.5 Å². The van der Waals surface area contributed by atoms with Gasteiger partial charge in [0.1, 0.15) is 19.8 Å². The van der Waals surface area contributed by atoms with E-state index in [1.54, 1.807) is 108 Å². The average Bonchev–Trinajstić information content (AvgIpc) is 3.33. The predicted octanol–water partition coefficient (Wildman–Crippen LogP) is 12.4. The lowest BCUT2D eigenvalue weighted by Gasteiger charge is -2.29. The lowest BCUT2D eigenvalue weighted by molar-refractivity contribution is -0.146. The standard InChI is InChI=1S/C56H61O12P3/c1-33-27-36(4)50(53(60)69-63)39(7)44(33)30-66-47(57)21-24-56(10,25-22-48(58)67-31-45-34(2)28-37(5)51(40(45)8)54(61)70(64)42-17-13-11-14-18-42)26-23-49(59)68-32-46-35(3)29-38(6)52(41(46)9)55(62)71(65)43-19-15-12-16-20-43/h11-20,27-29H,21-26,30-32H2,1-10H3/q+2. The highest BCUT2D eigenvalue weighted by atomic mass is 31.1. The Hall–Kier alpha value is -6.18. The summed E-state index contributed by atoms with van der Waals surface area (Å²) in [4.78, 5) is 80.1. The van der Waals surface area contributed by atoms with Gasteiger partial charge in [0.05, 0.1) is 11.1 Å². The first kappa shape index (κ1) is 55.7. The van der Waals surface area contributed by atoms with Crippen molar-refractivity contribution in [2.24, 2.45) is 5.41 Å². The summed E-state index contributed by atoms with van der Waals surface area (Å²) in [7, 11) is -5.42. The second kappa shape index (κ2) is 24.8. The zero-order valence-electron chi connectivity index (χ0n) is 42.1. The van der Waals surface area contributed by atoms with Crippen LogP contribution < -0.4 is 10.6 Å². The van der Waals surface area contributed by atoms with E-state index in [-0.39, 0.29) is 58.3 Å². The van der Waals surface area contributed by atoms with Crippen LogP contribution in [0.4, 0.5) is 0 Å². The first-order valence-corrected chi connectivity index (χ1v) is 26.7. The van der Waals surface area contributed by atoms with Gasteiger partial charge in [0, 0.05) is 24.8 Å². The molecule has 0 N–H and O–H groups in total. The molecule has 5 rings (SSSR count). The zero-order chi connectivity index (χ0) is 52.3. The van der Waals surface area contributed by atoms with Gasteiger partial charge in [0.2, 0.25) is 8.46 Å². The number of carbonyl (C=O) groups is 6. The van der Waals surface area contributed by atoms with Crippen LogP contribution in [0.25, 0.3) is 0 Å². The van der Waals surface area contributed by atoms with Crippen molar-refractivity contribution < 1.29 is 56.7 Å². The molecular formula is C56H61O12P3+2. The number of ether oxygens (including phenoxy) is 3. The van der Waals surface area contributed by atoms with Gasteiger partial charge in [-0.2, -0.15) is 0 Å². The van der Waals surface area contributed by atoms with Gasteiger partial charge in [0.15, 0.2) is 10.6 Å². The number of hydrogen-bond acceptors (Lipinski definition) is 12. The van der Waals surface area contributed by atoms with Gasteiger partial charge >= 0.3 is 44.6 Å². The van der Waals surface area contributed by atoms with Crippen molar-refractivity contribution in [2.45, 2.75) is 128 Å². The molecule has 0 fully saturated rings. The Morgan fingerprint density at radius 1 is 0.465 bits per heavy atom. The summed E-state index contributed by atoms with van der Waals surface area (Å²) in [5.41, 5.74) is 6.59. The van der Waals surface area contributed by atoms with Gasteiger partial charge < -0.3 is 14.2 Å². The number of rotatable bonds is 23. The van der Waals surface area contributed by atoms with Crippen molar-refractivity contribution in [2.75, 3.05) is 0 Å². The fourth-order valence-corrected chi connectivity index (χ4v) is 12.1. The highest BCUT2D eigenvalue weighted by molar-refractivity contribution is 7.72. The highest BCUT2D eigenvalue weighted by Gasteiger charge is 2.37. The number of esters is 3. The molecule has 0 spiro atoms. The van der Waals surface area contributed by atoms with E-state index in [1.165, 1.54) is 0 Å². The minimum absolute atomic E-state index is 0.0664. The van der Waals surface area contributed by atoms with Crippen LogP contribution in [-0.2, 0) is 62.1 Å². The van der Waals surface area contributed by atoms with Crippen LogP contribution in [0.1, 0.15) is 143 Å². The molecule has 15 heteroatoms. The maximum Gasteiger partial charge on any atom is 0.458 e. The summed E-state index contributed by atoms with van der Waals surface area (Å²) in [6.45, 7) is 17.6. The van der Waals surface area contributed by atoms with Gasteiger partial charge in [-0.1, -0.05) is 70.7 Å². The van der Waals surface area contributed by atoms with E-state index in [9.17, 15) is 42.5 Å². The Kier molecular flexibility index (Phi) is 19.5. The summed E-state index contributed by atoms with van der Waals surface area (Å²) in [6, 6.07) is 22.5. The third-order valence-electron chi connectivity index (χ3n) is 13.4. The number of hydrogen-bond donors (Lipinski definition) is 0. The SMILES string of the molecule is Cc1cc(C)c(C(=O)P=O)c(C)c1COC(=O)CCC(C)(CCC(=O)OCc1c(C)cc(C)c(C(=O)[P+](=O)c2ccccc2)c1C)CCC(=O)OCc1c(C)cc(C)c(C(=O)[P+](=O)c2ccccc2)c1C. The third kappa shape index (κ3) is 13.8. The summed E-state index contributed by atoms with van der Waals surface area (Å²) >= 11 is 0. The van der Waals surface area contributed by atoms with E-state index in [1.807, 2.05) is 39.8 Å². The molecule has 0 aliphatic heterocycles. The molecule has 0 saturated heterocycles. The molecule has 370 valence electrons. The fourth-order valence-electron chi connectivity index (χ4n) is 9.20. The largest absolute Gasteiger partial charge is 0.461 e. The Labute approximate surface area is 419 Å². The lowest BCUT2D eigenvalue weighted by atomic mass is 9.77. The van der Waals surface area contributed by atoms with E-state index < -0.39 is 64.0 Å².